The van der Waals surface area contributed by atoms with Crippen molar-refractivity contribution < 1.29 is 4.74 Å². The van der Waals surface area contributed by atoms with E-state index in [2.05, 4.69) is 33.4 Å². The second kappa shape index (κ2) is 6.70. The number of aromatic nitrogens is 1. The van der Waals surface area contributed by atoms with Crippen LogP contribution in [0.15, 0.2) is 42.6 Å². The Morgan fingerprint density at radius 2 is 1.86 bits per heavy atom. The normalized spacial score (nSPS) is 15.9. The molecule has 4 heteroatoms. The Kier molecular flexibility index (Phi) is 4.48. The second-order valence-electron chi connectivity index (χ2n) is 5.19. The number of pyridine rings is 1. The summed E-state index contributed by atoms with van der Waals surface area (Å²) >= 11 is 0. The quantitative estimate of drug-likeness (QED) is 0.863. The van der Waals surface area contributed by atoms with Crippen LogP contribution in [-0.2, 0) is 6.54 Å². The highest BCUT2D eigenvalue weighted by molar-refractivity contribution is 5.63. The van der Waals surface area contributed by atoms with E-state index in [4.69, 9.17) is 4.74 Å². The van der Waals surface area contributed by atoms with Gasteiger partial charge in [-0.1, -0.05) is 6.07 Å². The van der Waals surface area contributed by atoms with Gasteiger partial charge in [0.05, 0.1) is 12.8 Å². The maximum absolute atomic E-state index is 5.22. The lowest BCUT2D eigenvalue weighted by Gasteiger charge is -2.26. The first-order chi connectivity index (χ1) is 10.4. The van der Waals surface area contributed by atoms with Crippen molar-refractivity contribution in [2.45, 2.75) is 6.54 Å². The van der Waals surface area contributed by atoms with Crippen molar-refractivity contribution in [3.8, 4) is 17.0 Å². The van der Waals surface area contributed by atoms with Crippen molar-refractivity contribution in [1.29, 1.82) is 0 Å². The van der Waals surface area contributed by atoms with Crippen LogP contribution < -0.4 is 10.1 Å². The SMILES string of the molecule is COc1ccc(-c2ncccc2CN2CC[N]CC2)cc1. The molecule has 1 fully saturated rings. The maximum Gasteiger partial charge on any atom is 0.118 e. The van der Waals surface area contributed by atoms with Gasteiger partial charge in [-0.2, -0.15) is 0 Å². The summed E-state index contributed by atoms with van der Waals surface area (Å²) in [7, 11) is 1.68. The van der Waals surface area contributed by atoms with Crippen molar-refractivity contribution in [3.63, 3.8) is 0 Å². The van der Waals surface area contributed by atoms with E-state index in [-0.39, 0.29) is 0 Å². The van der Waals surface area contributed by atoms with Gasteiger partial charge in [0.1, 0.15) is 5.75 Å². The number of hydrogen-bond donors (Lipinski definition) is 0. The maximum atomic E-state index is 5.22. The van der Waals surface area contributed by atoms with Crippen LogP contribution in [0.1, 0.15) is 5.56 Å². The number of piperazine rings is 1. The summed E-state index contributed by atoms with van der Waals surface area (Å²) in [6, 6.07) is 12.3. The van der Waals surface area contributed by atoms with Crippen LogP contribution in [-0.4, -0.2) is 43.2 Å². The highest BCUT2D eigenvalue weighted by Gasteiger charge is 2.14. The van der Waals surface area contributed by atoms with Gasteiger partial charge in [-0.05, 0) is 35.9 Å². The van der Waals surface area contributed by atoms with E-state index in [0.29, 0.717) is 0 Å². The minimum absolute atomic E-state index is 0.869. The van der Waals surface area contributed by atoms with Crippen molar-refractivity contribution >= 4 is 0 Å². The third-order valence-electron chi connectivity index (χ3n) is 3.80. The summed E-state index contributed by atoms with van der Waals surface area (Å²) < 4.78 is 5.22. The van der Waals surface area contributed by atoms with Gasteiger partial charge < -0.3 is 4.74 Å². The van der Waals surface area contributed by atoms with Crippen LogP contribution in [0.4, 0.5) is 0 Å². The van der Waals surface area contributed by atoms with E-state index >= 15 is 0 Å². The molecular formula is C17H20N3O. The molecule has 3 rings (SSSR count). The van der Waals surface area contributed by atoms with Gasteiger partial charge in [0, 0.05) is 44.5 Å². The zero-order chi connectivity index (χ0) is 14.5. The Labute approximate surface area is 125 Å². The molecule has 0 spiro atoms. The van der Waals surface area contributed by atoms with E-state index in [1.165, 1.54) is 5.56 Å². The zero-order valence-corrected chi connectivity index (χ0v) is 12.3. The molecule has 0 unspecified atom stereocenters. The molecule has 0 bridgehead atoms. The topological polar surface area (TPSA) is 39.5 Å². The molecule has 0 aliphatic carbocycles. The molecule has 4 nitrogen and oxygen atoms in total. The van der Waals surface area contributed by atoms with Crippen LogP contribution in [0.2, 0.25) is 0 Å². The summed E-state index contributed by atoms with van der Waals surface area (Å²) in [5, 5.41) is 4.40. The molecule has 1 aromatic carbocycles. The Bertz CT molecular complexity index is 577. The summed E-state index contributed by atoms with van der Waals surface area (Å²) in [5.41, 5.74) is 3.46. The molecule has 109 valence electrons. The largest absolute Gasteiger partial charge is 0.497 e. The minimum atomic E-state index is 0.869. The van der Waals surface area contributed by atoms with Gasteiger partial charge >= 0.3 is 0 Å². The van der Waals surface area contributed by atoms with Crippen LogP contribution in [0.25, 0.3) is 11.3 Å². The summed E-state index contributed by atoms with van der Waals surface area (Å²) in [6.45, 7) is 4.90. The summed E-state index contributed by atoms with van der Waals surface area (Å²) in [6.07, 6.45) is 1.86. The molecule has 1 aliphatic heterocycles. The predicted octanol–water partition coefficient (Wildman–Crippen LogP) is 2.18. The van der Waals surface area contributed by atoms with E-state index in [1.807, 2.05) is 24.4 Å². The number of nitrogens with zero attached hydrogens (tertiary/aromatic N) is 3. The van der Waals surface area contributed by atoms with Crippen molar-refractivity contribution in [1.82, 2.24) is 15.2 Å². The number of methoxy groups -OCH3 is 1. The van der Waals surface area contributed by atoms with Gasteiger partial charge in [-0.25, -0.2) is 5.32 Å². The fourth-order valence-electron chi connectivity index (χ4n) is 2.62. The molecule has 1 saturated heterocycles. The van der Waals surface area contributed by atoms with Crippen molar-refractivity contribution in [3.05, 3.63) is 48.2 Å². The van der Waals surface area contributed by atoms with Gasteiger partial charge in [0.15, 0.2) is 0 Å². The fourth-order valence-corrected chi connectivity index (χ4v) is 2.62. The molecule has 21 heavy (non-hydrogen) atoms. The molecule has 2 aromatic rings. The fraction of sp³-hybridized carbons (Fsp3) is 0.353. The van der Waals surface area contributed by atoms with Gasteiger partial charge in [-0.15, -0.1) is 0 Å². The highest BCUT2D eigenvalue weighted by Crippen LogP contribution is 2.24. The summed E-state index contributed by atoms with van der Waals surface area (Å²) in [5.74, 6) is 0.869. The molecule has 1 aliphatic rings. The number of rotatable bonds is 4. The third-order valence-corrected chi connectivity index (χ3v) is 3.80. The number of hydrogen-bond acceptors (Lipinski definition) is 3. The predicted molar refractivity (Wildman–Crippen MR) is 83.4 cm³/mol. The standard InChI is InChI=1S/C17H20N3O/c1-21-16-6-4-14(5-7-16)17-15(3-2-8-19-17)13-20-11-9-18-10-12-20/h2-8H,9-13H2,1H3. The lowest BCUT2D eigenvalue weighted by atomic mass is 10.0. The van der Waals surface area contributed by atoms with Gasteiger partial charge in [0.25, 0.3) is 0 Å². The Hall–Kier alpha value is -1.91. The molecule has 0 N–H and O–H groups in total. The average Bonchev–Trinajstić information content (AvgIpc) is 2.56. The Morgan fingerprint density at radius 1 is 1.10 bits per heavy atom. The molecule has 0 amide bonds. The third kappa shape index (κ3) is 3.40. The number of benzene rings is 1. The smallest absolute Gasteiger partial charge is 0.118 e. The van der Waals surface area contributed by atoms with Gasteiger partial charge in [-0.3, -0.25) is 9.88 Å². The first-order valence-electron chi connectivity index (χ1n) is 7.31. The zero-order valence-electron chi connectivity index (χ0n) is 12.3. The second-order valence-corrected chi connectivity index (χ2v) is 5.19. The molecule has 1 aromatic heterocycles. The van der Waals surface area contributed by atoms with Crippen molar-refractivity contribution in [2.75, 3.05) is 33.3 Å². The number of ether oxygens (including phenoxy) is 1. The summed E-state index contributed by atoms with van der Waals surface area (Å²) in [4.78, 5) is 7.02. The Balaban J connectivity index is 1.83. The van der Waals surface area contributed by atoms with E-state index in [1.54, 1.807) is 7.11 Å². The first kappa shape index (κ1) is 14.0. The Morgan fingerprint density at radius 3 is 2.57 bits per heavy atom. The van der Waals surface area contributed by atoms with Crippen LogP contribution >= 0.6 is 0 Å². The van der Waals surface area contributed by atoms with E-state index in [9.17, 15) is 0 Å². The molecule has 2 heterocycles. The van der Waals surface area contributed by atoms with E-state index < -0.39 is 0 Å². The molecular weight excluding hydrogens is 262 g/mol. The molecule has 0 atom stereocenters. The lowest BCUT2D eigenvalue weighted by molar-refractivity contribution is 0.231. The van der Waals surface area contributed by atoms with Crippen LogP contribution in [0.5, 0.6) is 5.75 Å². The molecule has 0 saturated carbocycles. The highest BCUT2D eigenvalue weighted by atomic mass is 16.5. The average molecular weight is 282 g/mol. The first-order valence-corrected chi connectivity index (χ1v) is 7.31. The lowest BCUT2D eigenvalue weighted by Crippen LogP contribution is -2.39. The van der Waals surface area contributed by atoms with Gasteiger partial charge in [0.2, 0.25) is 0 Å². The van der Waals surface area contributed by atoms with E-state index in [0.717, 1.165) is 49.7 Å². The molecule has 1 radical (unpaired) electrons. The minimum Gasteiger partial charge on any atom is -0.497 e. The van der Waals surface area contributed by atoms with Crippen molar-refractivity contribution in [2.24, 2.45) is 0 Å². The van der Waals surface area contributed by atoms with Crippen LogP contribution in [0.3, 0.4) is 0 Å². The monoisotopic (exact) mass is 282 g/mol. The van der Waals surface area contributed by atoms with Crippen LogP contribution in [0, 0.1) is 0 Å².